The summed E-state index contributed by atoms with van der Waals surface area (Å²) in [5, 5.41) is 2.24. The van der Waals surface area contributed by atoms with Gasteiger partial charge >= 0.3 is 6.85 Å². The van der Waals surface area contributed by atoms with Crippen LogP contribution in [0.25, 0.3) is 55.3 Å². The Hall–Kier alpha value is -6.78. The Morgan fingerprint density at radius 3 is 1.72 bits per heavy atom. The Morgan fingerprint density at radius 1 is 0.422 bits per heavy atom. The molecular formula is C60H55BN2O. The average Bonchev–Trinajstić information content (AvgIpc) is 3.67. The summed E-state index contributed by atoms with van der Waals surface area (Å²) in [5.41, 5.74) is 21.3. The van der Waals surface area contributed by atoms with Crippen molar-refractivity contribution in [3.8, 4) is 33.4 Å². The molecule has 3 heterocycles. The number of anilines is 5. The van der Waals surface area contributed by atoms with E-state index in [0.29, 0.717) is 0 Å². The zero-order valence-electron chi connectivity index (χ0n) is 38.5. The lowest BCUT2D eigenvalue weighted by molar-refractivity contribution is 0.590. The summed E-state index contributed by atoms with van der Waals surface area (Å²) in [6, 6.07) is 63.7. The molecule has 0 aliphatic carbocycles. The van der Waals surface area contributed by atoms with Crippen LogP contribution in [0.1, 0.15) is 79.0 Å². The standard InChI is InChI=1S/C60H55BN2O/c1-58(2,3)41-24-28-44(29-25-41)63-51-37-43(60(7,8)9)26-30-45(51)48-34-40(38-18-12-10-13-19-38)35-52-56(48)61(63)49-31-33-54-55(46-22-16-17-23-53(46)64-54)57(49)62(52)50-32-27-42(59(4,5)6)36-47(50)39-20-14-11-15-21-39/h10-37H,1-9H3. The number of fused-ring (bicyclic) bond motifs is 8. The van der Waals surface area contributed by atoms with Crippen LogP contribution in [0.2, 0.25) is 0 Å². The van der Waals surface area contributed by atoms with Gasteiger partial charge in [-0.1, -0.05) is 178 Å². The first-order valence-electron chi connectivity index (χ1n) is 22.9. The molecule has 314 valence electrons. The summed E-state index contributed by atoms with van der Waals surface area (Å²) in [4.78, 5) is 5.25. The maximum absolute atomic E-state index is 6.79. The Kier molecular flexibility index (Phi) is 8.99. The molecule has 0 N–H and O–H groups in total. The number of para-hydroxylation sites is 1. The number of hydrogen-bond acceptors (Lipinski definition) is 3. The molecule has 8 aromatic carbocycles. The van der Waals surface area contributed by atoms with Crippen LogP contribution in [-0.2, 0) is 16.2 Å². The van der Waals surface area contributed by atoms with Crippen LogP contribution in [0.5, 0.6) is 0 Å². The highest BCUT2D eigenvalue weighted by molar-refractivity contribution is 6.94. The van der Waals surface area contributed by atoms with Gasteiger partial charge in [-0.25, -0.2) is 0 Å². The zero-order valence-corrected chi connectivity index (χ0v) is 38.5. The fourth-order valence-corrected chi connectivity index (χ4v) is 10.2. The van der Waals surface area contributed by atoms with E-state index in [4.69, 9.17) is 4.42 Å². The van der Waals surface area contributed by atoms with Gasteiger partial charge in [0.15, 0.2) is 0 Å². The predicted molar refractivity (Wildman–Crippen MR) is 274 cm³/mol. The van der Waals surface area contributed by atoms with Gasteiger partial charge in [-0.05, 0) is 121 Å². The fourth-order valence-electron chi connectivity index (χ4n) is 10.2. The van der Waals surface area contributed by atoms with Crippen molar-refractivity contribution < 1.29 is 4.42 Å². The molecule has 3 nitrogen and oxygen atoms in total. The van der Waals surface area contributed by atoms with Crippen LogP contribution in [-0.4, -0.2) is 6.85 Å². The molecule has 0 bridgehead atoms. The second-order valence-electron chi connectivity index (χ2n) is 21.0. The summed E-state index contributed by atoms with van der Waals surface area (Å²) in [5.74, 6) is 0. The highest BCUT2D eigenvalue weighted by atomic mass is 16.3. The van der Waals surface area contributed by atoms with E-state index in [2.05, 4.69) is 242 Å². The monoisotopic (exact) mass is 830 g/mol. The normalized spacial score (nSPS) is 13.6. The number of benzene rings is 8. The van der Waals surface area contributed by atoms with E-state index in [-0.39, 0.29) is 23.1 Å². The topological polar surface area (TPSA) is 19.6 Å². The summed E-state index contributed by atoms with van der Waals surface area (Å²) in [6.45, 7) is 20.6. The van der Waals surface area contributed by atoms with Crippen molar-refractivity contribution in [3.05, 3.63) is 187 Å². The molecule has 2 aliphatic rings. The van der Waals surface area contributed by atoms with E-state index in [1.165, 1.54) is 78.1 Å². The van der Waals surface area contributed by atoms with Gasteiger partial charge in [0, 0.05) is 33.6 Å². The van der Waals surface area contributed by atoms with E-state index in [1.807, 2.05) is 0 Å². The second-order valence-corrected chi connectivity index (χ2v) is 21.0. The van der Waals surface area contributed by atoms with Crippen LogP contribution < -0.4 is 20.6 Å². The van der Waals surface area contributed by atoms with Crippen LogP contribution in [0.4, 0.5) is 28.4 Å². The van der Waals surface area contributed by atoms with Crippen LogP contribution in [0.3, 0.4) is 0 Å². The van der Waals surface area contributed by atoms with Crippen molar-refractivity contribution >= 4 is 68.1 Å². The van der Waals surface area contributed by atoms with Crippen molar-refractivity contribution in [3.63, 3.8) is 0 Å². The summed E-state index contributed by atoms with van der Waals surface area (Å²) in [7, 11) is 0. The first kappa shape index (κ1) is 40.0. The average molecular weight is 831 g/mol. The Labute approximate surface area is 379 Å². The minimum absolute atomic E-state index is 0.0240. The van der Waals surface area contributed by atoms with E-state index < -0.39 is 0 Å². The fraction of sp³-hybridized carbons (Fsp3) is 0.200. The van der Waals surface area contributed by atoms with Crippen molar-refractivity contribution in [1.29, 1.82) is 0 Å². The molecule has 0 saturated heterocycles. The number of hydrogen-bond donors (Lipinski definition) is 0. The lowest BCUT2D eigenvalue weighted by Crippen LogP contribution is -2.61. The summed E-state index contributed by atoms with van der Waals surface area (Å²) in [6.07, 6.45) is 0. The first-order valence-corrected chi connectivity index (χ1v) is 22.9. The lowest BCUT2D eigenvalue weighted by atomic mass is 9.43. The third-order valence-electron chi connectivity index (χ3n) is 13.7. The molecule has 0 unspecified atom stereocenters. The highest BCUT2D eigenvalue weighted by Gasteiger charge is 2.47. The van der Waals surface area contributed by atoms with E-state index in [9.17, 15) is 0 Å². The van der Waals surface area contributed by atoms with Gasteiger partial charge in [0.2, 0.25) is 0 Å². The molecule has 2 aliphatic heterocycles. The van der Waals surface area contributed by atoms with Crippen molar-refractivity contribution in [2.45, 2.75) is 78.6 Å². The molecule has 0 radical (unpaired) electrons. The summed E-state index contributed by atoms with van der Waals surface area (Å²) >= 11 is 0. The van der Waals surface area contributed by atoms with Crippen LogP contribution in [0, 0.1) is 0 Å². The van der Waals surface area contributed by atoms with E-state index in [0.717, 1.165) is 33.3 Å². The van der Waals surface area contributed by atoms with E-state index in [1.54, 1.807) is 0 Å². The van der Waals surface area contributed by atoms with Crippen molar-refractivity contribution in [1.82, 2.24) is 0 Å². The number of rotatable bonds is 4. The molecule has 64 heavy (non-hydrogen) atoms. The third-order valence-corrected chi connectivity index (χ3v) is 13.7. The maximum atomic E-state index is 6.79. The Bertz CT molecular complexity index is 3270. The second kappa shape index (κ2) is 14.4. The zero-order chi connectivity index (χ0) is 44.3. The minimum atomic E-state index is -0.156. The summed E-state index contributed by atoms with van der Waals surface area (Å²) < 4.78 is 6.79. The van der Waals surface area contributed by atoms with Crippen LogP contribution in [0.15, 0.2) is 174 Å². The van der Waals surface area contributed by atoms with Gasteiger partial charge in [-0.2, -0.15) is 0 Å². The molecule has 0 atom stereocenters. The Morgan fingerprint density at radius 2 is 1.03 bits per heavy atom. The molecule has 0 amide bonds. The smallest absolute Gasteiger partial charge is 0.333 e. The maximum Gasteiger partial charge on any atom is 0.333 e. The number of nitrogens with zero attached hydrogens (tertiary/aromatic N) is 2. The van der Waals surface area contributed by atoms with Gasteiger partial charge in [-0.15, -0.1) is 0 Å². The molecule has 1 aromatic heterocycles. The van der Waals surface area contributed by atoms with E-state index >= 15 is 0 Å². The quantitative estimate of drug-likeness (QED) is 0.165. The third kappa shape index (κ3) is 6.40. The first-order chi connectivity index (χ1) is 30.6. The highest BCUT2D eigenvalue weighted by Crippen LogP contribution is 2.53. The van der Waals surface area contributed by atoms with Crippen molar-refractivity contribution in [2.75, 3.05) is 9.71 Å². The molecular weight excluding hydrogens is 775 g/mol. The largest absolute Gasteiger partial charge is 0.456 e. The van der Waals surface area contributed by atoms with Gasteiger partial charge in [-0.3, -0.25) is 0 Å². The van der Waals surface area contributed by atoms with Crippen molar-refractivity contribution in [2.24, 2.45) is 0 Å². The van der Waals surface area contributed by atoms with Gasteiger partial charge < -0.3 is 14.1 Å². The van der Waals surface area contributed by atoms with Gasteiger partial charge in [0.1, 0.15) is 11.2 Å². The predicted octanol–water partition coefficient (Wildman–Crippen LogP) is 15.5. The molecule has 4 heteroatoms. The molecule has 0 fully saturated rings. The molecule has 0 saturated carbocycles. The SMILES string of the molecule is CC(C)(C)c1ccc(N2B3c4ccc5oc6ccccc6c5c4N(c4ccc(C(C)(C)C)cc4-c4ccccc4)c4cc(-c5ccccc5)cc(c43)-c3ccc(C(C)(C)C)cc32)cc1. The number of furan rings is 1. The lowest BCUT2D eigenvalue weighted by Gasteiger charge is -2.47. The van der Waals surface area contributed by atoms with Crippen LogP contribution >= 0.6 is 0 Å². The molecule has 0 spiro atoms. The minimum Gasteiger partial charge on any atom is -0.456 e. The van der Waals surface area contributed by atoms with Gasteiger partial charge in [0.05, 0.1) is 16.8 Å². The molecule has 11 rings (SSSR count). The Balaban J connectivity index is 1.32. The molecule has 9 aromatic rings. The van der Waals surface area contributed by atoms with Gasteiger partial charge in [0.25, 0.3) is 0 Å².